The van der Waals surface area contributed by atoms with Gasteiger partial charge in [-0.2, -0.15) is 0 Å². The van der Waals surface area contributed by atoms with Crippen LogP contribution in [0.25, 0.3) is 0 Å². The maximum Gasteiger partial charge on any atom is 0.231 e. The van der Waals surface area contributed by atoms with E-state index in [2.05, 4.69) is 39.1 Å². The number of hydrogen-bond acceptors (Lipinski definition) is 4. The average Bonchev–Trinajstić information content (AvgIpc) is 2.93. The highest BCUT2D eigenvalue weighted by Crippen LogP contribution is 2.36. The molecule has 1 fully saturated rings. The van der Waals surface area contributed by atoms with Crippen molar-refractivity contribution in [3.63, 3.8) is 0 Å². The zero-order valence-corrected chi connectivity index (χ0v) is 14.1. The van der Waals surface area contributed by atoms with Gasteiger partial charge >= 0.3 is 0 Å². The minimum absolute atomic E-state index is 0.328. The lowest BCUT2D eigenvalue weighted by atomic mass is 10.0. The van der Waals surface area contributed by atoms with Crippen molar-refractivity contribution in [2.24, 2.45) is 0 Å². The maximum absolute atomic E-state index is 5.45. The summed E-state index contributed by atoms with van der Waals surface area (Å²) in [5.74, 6) is 1.69. The fraction of sp³-hybridized carbons (Fsp3) is 0.625. The van der Waals surface area contributed by atoms with Crippen LogP contribution in [0.15, 0.2) is 16.6 Å². The Kier molecular flexibility index (Phi) is 5.03. The van der Waals surface area contributed by atoms with Crippen LogP contribution >= 0.6 is 15.9 Å². The molecule has 2 aliphatic rings. The number of nitrogens with one attached hydrogen (secondary N) is 1. The van der Waals surface area contributed by atoms with Gasteiger partial charge < -0.3 is 19.7 Å². The number of hydrogen-bond donors (Lipinski definition) is 1. The van der Waals surface area contributed by atoms with Crippen molar-refractivity contribution < 1.29 is 9.47 Å². The maximum atomic E-state index is 5.45. The number of benzene rings is 1. The molecular weight excluding hydrogens is 332 g/mol. The number of rotatable bonds is 5. The van der Waals surface area contributed by atoms with E-state index in [0.29, 0.717) is 12.8 Å². The van der Waals surface area contributed by atoms with Crippen LogP contribution in [0.5, 0.6) is 11.5 Å². The third-order valence-electron chi connectivity index (χ3n) is 4.25. The molecule has 4 nitrogen and oxygen atoms in total. The fourth-order valence-electron chi connectivity index (χ4n) is 3.03. The van der Waals surface area contributed by atoms with Crippen LogP contribution in [0.3, 0.4) is 0 Å². The molecule has 1 aromatic rings. The Morgan fingerprint density at radius 2 is 1.95 bits per heavy atom. The van der Waals surface area contributed by atoms with Crippen molar-refractivity contribution in [1.82, 2.24) is 10.2 Å². The summed E-state index contributed by atoms with van der Waals surface area (Å²) < 4.78 is 11.9. The first kappa shape index (κ1) is 15.1. The third kappa shape index (κ3) is 3.71. The van der Waals surface area contributed by atoms with Gasteiger partial charge in [-0.25, -0.2) is 0 Å². The Balaban J connectivity index is 1.52. The normalized spacial score (nSPS) is 19.1. The Labute approximate surface area is 134 Å². The van der Waals surface area contributed by atoms with Gasteiger partial charge in [0.25, 0.3) is 0 Å². The molecule has 0 unspecified atom stereocenters. The molecule has 5 heteroatoms. The van der Waals surface area contributed by atoms with E-state index in [9.17, 15) is 0 Å². The minimum atomic E-state index is 0.328. The van der Waals surface area contributed by atoms with Crippen LogP contribution in [-0.4, -0.2) is 37.4 Å². The monoisotopic (exact) mass is 354 g/mol. The molecule has 0 spiro atoms. The number of nitrogens with zero attached hydrogens (tertiary/aromatic N) is 1. The van der Waals surface area contributed by atoms with Crippen molar-refractivity contribution in [3.8, 4) is 11.5 Å². The van der Waals surface area contributed by atoms with Gasteiger partial charge in [0.2, 0.25) is 6.79 Å². The van der Waals surface area contributed by atoms with Gasteiger partial charge in [-0.15, -0.1) is 0 Å². The van der Waals surface area contributed by atoms with Crippen LogP contribution < -0.4 is 14.8 Å². The molecule has 1 N–H and O–H groups in total. The van der Waals surface area contributed by atoms with Gasteiger partial charge in [-0.05, 0) is 56.6 Å². The van der Waals surface area contributed by atoms with E-state index < -0.39 is 0 Å². The molecule has 0 saturated carbocycles. The molecule has 3 rings (SSSR count). The molecule has 2 aliphatic heterocycles. The molecule has 2 heterocycles. The van der Waals surface area contributed by atoms with Crippen molar-refractivity contribution in [3.05, 3.63) is 22.2 Å². The topological polar surface area (TPSA) is 33.7 Å². The molecule has 1 saturated heterocycles. The molecule has 0 aromatic heterocycles. The predicted molar refractivity (Wildman–Crippen MR) is 86.9 cm³/mol. The SMILES string of the molecule is CCCN1CCC(NCc2cc3c(cc2Br)OCO3)CC1. The summed E-state index contributed by atoms with van der Waals surface area (Å²) >= 11 is 3.62. The number of piperidine rings is 1. The summed E-state index contributed by atoms with van der Waals surface area (Å²) in [5, 5.41) is 3.68. The van der Waals surface area contributed by atoms with Crippen LogP contribution in [0.2, 0.25) is 0 Å². The lowest BCUT2D eigenvalue weighted by molar-refractivity contribution is 0.174. The van der Waals surface area contributed by atoms with Gasteiger partial charge in [0.15, 0.2) is 11.5 Å². The number of halogens is 1. The second-order valence-corrected chi connectivity index (χ2v) is 6.65. The fourth-order valence-corrected chi connectivity index (χ4v) is 3.49. The Morgan fingerprint density at radius 1 is 1.24 bits per heavy atom. The van der Waals surface area contributed by atoms with Gasteiger partial charge in [-0.3, -0.25) is 0 Å². The van der Waals surface area contributed by atoms with Gasteiger partial charge in [0, 0.05) is 17.1 Å². The number of ether oxygens (including phenoxy) is 2. The zero-order chi connectivity index (χ0) is 14.7. The van der Waals surface area contributed by atoms with Gasteiger partial charge in [0.05, 0.1) is 0 Å². The first-order valence-corrected chi connectivity index (χ1v) is 8.59. The molecular formula is C16H23BrN2O2. The predicted octanol–water partition coefficient (Wildman–Crippen LogP) is 3.14. The van der Waals surface area contributed by atoms with Crippen molar-refractivity contribution in [1.29, 1.82) is 0 Å². The minimum Gasteiger partial charge on any atom is -0.454 e. The summed E-state index contributed by atoms with van der Waals surface area (Å²) in [6, 6.07) is 4.70. The van der Waals surface area contributed by atoms with E-state index in [4.69, 9.17) is 9.47 Å². The standard InChI is InChI=1S/C16H23BrN2O2/c1-2-5-19-6-3-13(4-7-19)18-10-12-8-15-16(9-14(12)17)21-11-20-15/h8-9,13,18H,2-7,10-11H2,1H3. The Hall–Kier alpha value is -0.780. The molecule has 21 heavy (non-hydrogen) atoms. The van der Waals surface area contributed by atoms with E-state index >= 15 is 0 Å². The quantitative estimate of drug-likeness (QED) is 0.880. The molecule has 0 aliphatic carbocycles. The lowest BCUT2D eigenvalue weighted by Gasteiger charge is -2.32. The zero-order valence-electron chi connectivity index (χ0n) is 12.5. The largest absolute Gasteiger partial charge is 0.454 e. The van der Waals surface area contributed by atoms with E-state index in [1.807, 2.05) is 6.07 Å². The molecule has 0 bridgehead atoms. The van der Waals surface area contributed by atoms with Crippen LogP contribution in [-0.2, 0) is 6.54 Å². The molecule has 0 radical (unpaired) electrons. The van der Waals surface area contributed by atoms with E-state index in [-0.39, 0.29) is 0 Å². The second kappa shape index (κ2) is 6.99. The van der Waals surface area contributed by atoms with Crippen molar-refractivity contribution in [2.75, 3.05) is 26.4 Å². The van der Waals surface area contributed by atoms with E-state index in [1.54, 1.807) is 0 Å². The third-order valence-corrected chi connectivity index (χ3v) is 4.99. The molecule has 1 aromatic carbocycles. The summed E-state index contributed by atoms with van der Waals surface area (Å²) in [5.41, 5.74) is 1.23. The smallest absolute Gasteiger partial charge is 0.231 e. The summed E-state index contributed by atoms with van der Waals surface area (Å²) in [6.07, 6.45) is 3.73. The Morgan fingerprint density at radius 3 is 2.67 bits per heavy atom. The van der Waals surface area contributed by atoms with E-state index in [0.717, 1.165) is 22.5 Å². The van der Waals surface area contributed by atoms with Crippen molar-refractivity contribution >= 4 is 15.9 Å². The number of fused-ring (bicyclic) bond motifs is 1. The summed E-state index contributed by atoms with van der Waals surface area (Å²) in [7, 11) is 0. The highest BCUT2D eigenvalue weighted by atomic mass is 79.9. The Bertz CT molecular complexity index is 487. The highest BCUT2D eigenvalue weighted by Gasteiger charge is 2.20. The summed E-state index contributed by atoms with van der Waals surface area (Å²) in [4.78, 5) is 2.56. The molecule has 116 valence electrons. The average molecular weight is 355 g/mol. The highest BCUT2D eigenvalue weighted by molar-refractivity contribution is 9.10. The summed E-state index contributed by atoms with van der Waals surface area (Å²) in [6.45, 7) is 7.12. The molecule has 0 amide bonds. The van der Waals surface area contributed by atoms with Crippen molar-refractivity contribution in [2.45, 2.75) is 38.8 Å². The first-order chi connectivity index (χ1) is 10.3. The first-order valence-electron chi connectivity index (χ1n) is 7.80. The van der Waals surface area contributed by atoms with Crippen LogP contribution in [0.1, 0.15) is 31.7 Å². The van der Waals surface area contributed by atoms with Gasteiger partial charge in [0.1, 0.15) is 0 Å². The van der Waals surface area contributed by atoms with Crippen LogP contribution in [0.4, 0.5) is 0 Å². The van der Waals surface area contributed by atoms with Crippen LogP contribution in [0, 0.1) is 0 Å². The molecule has 0 atom stereocenters. The second-order valence-electron chi connectivity index (χ2n) is 5.79. The lowest BCUT2D eigenvalue weighted by Crippen LogP contribution is -2.42. The van der Waals surface area contributed by atoms with E-state index in [1.165, 1.54) is 44.5 Å². The number of likely N-dealkylation sites (tertiary alicyclic amines) is 1. The van der Waals surface area contributed by atoms with Gasteiger partial charge in [-0.1, -0.05) is 22.9 Å².